The fourth-order valence-electron chi connectivity index (χ4n) is 7.15. The molecule has 0 bridgehead atoms. The normalized spacial score (nSPS) is 12.1. The van der Waals surface area contributed by atoms with E-state index in [4.69, 9.17) is 0 Å². The summed E-state index contributed by atoms with van der Waals surface area (Å²) in [6, 6.07) is 47.0. The summed E-state index contributed by atoms with van der Waals surface area (Å²) in [6.45, 7) is 4.55. The maximum Gasteiger partial charge on any atom is 0.0541 e. The van der Waals surface area contributed by atoms with Crippen LogP contribution in [0.2, 0.25) is 0 Å². The van der Waals surface area contributed by atoms with Gasteiger partial charge in [-0.25, -0.2) is 0 Å². The highest BCUT2D eigenvalue weighted by Crippen LogP contribution is 2.43. The number of hydrogen-bond donors (Lipinski definition) is 0. The quantitative estimate of drug-likeness (QED) is 0.215. The van der Waals surface area contributed by atoms with Crippen molar-refractivity contribution in [2.75, 3.05) is 0 Å². The van der Waals surface area contributed by atoms with Crippen LogP contribution in [-0.4, -0.2) is 4.57 Å². The van der Waals surface area contributed by atoms with E-state index in [0.29, 0.717) is 0 Å². The SMILES string of the molecule is CCc1c(-c2ccc(-c3cccc4c3Cc3ccccc3-4)cc2C)cccc1-n1c2ccccc2c2ccccc21. The van der Waals surface area contributed by atoms with Crippen LogP contribution in [0.3, 0.4) is 0 Å². The summed E-state index contributed by atoms with van der Waals surface area (Å²) in [5, 5.41) is 2.60. The molecule has 0 spiro atoms. The summed E-state index contributed by atoms with van der Waals surface area (Å²) in [5.41, 5.74) is 17.4. The Morgan fingerprint density at radius 2 is 1.20 bits per heavy atom. The lowest BCUT2D eigenvalue weighted by Crippen LogP contribution is -2.02. The molecule has 0 aliphatic heterocycles. The molecule has 1 nitrogen and oxygen atoms in total. The van der Waals surface area contributed by atoms with Gasteiger partial charge in [0.15, 0.2) is 0 Å². The zero-order valence-electron chi connectivity index (χ0n) is 23.5. The second-order valence-electron chi connectivity index (χ2n) is 11.2. The zero-order valence-corrected chi connectivity index (χ0v) is 23.5. The first kappa shape index (κ1) is 24.0. The van der Waals surface area contributed by atoms with Crippen molar-refractivity contribution in [3.63, 3.8) is 0 Å². The minimum Gasteiger partial charge on any atom is -0.309 e. The van der Waals surface area contributed by atoms with E-state index in [1.54, 1.807) is 0 Å². The maximum absolute atomic E-state index is 2.46. The Balaban J connectivity index is 1.27. The van der Waals surface area contributed by atoms with Gasteiger partial charge in [0, 0.05) is 16.5 Å². The fraction of sp³-hybridized carbons (Fsp3) is 0.100. The molecule has 0 N–H and O–H groups in total. The lowest BCUT2D eigenvalue weighted by molar-refractivity contribution is 1.07. The third-order valence-corrected chi connectivity index (χ3v) is 9.00. The van der Waals surface area contributed by atoms with Gasteiger partial charge in [-0.1, -0.05) is 116 Å². The van der Waals surface area contributed by atoms with E-state index < -0.39 is 0 Å². The number of hydrogen-bond acceptors (Lipinski definition) is 0. The molecule has 196 valence electrons. The summed E-state index contributed by atoms with van der Waals surface area (Å²) in [6.07, 6.45) is 1.96. The molecular formula is C40H31N. The molecule has 0 atom stereocenters. The number of fused-ring (bicyclic) bond motifs is 6. The van der Waals surface area contributed by atoms with Crippen molar-refractivity contribution in [3.05, 3.63) is 150 Å². The number of benzene rings is 6. The summed E-state index contributed by atoms with van der Waals surface area (Å²) < 4.78 is 2.46. The van der Waals surface area contributed by atoms with Gasteiger partial charge in [0.2, 0.25) is 0 Å². The molecule has 1 heterocycles. The Morgan fingerprint density at radius 3 is 1.95 bits per heavy atom. The largest absolute Gasteiger partial charge is 0.309 e. The lowest BCUT2D eigenvalue weighted by Gasteiger charge is -2.19. The molecule has 0 amide bonds. The molecule has 0 fully saturated rings. The molecule has 7 aromatic rings. The van der Waals surface area contributed by atoms with E-state index >= 15 is 0 Å². The van der Waals surface area contributed by atoms with Crippen molar-refractivity contribution in [2.45, 2.75) is 26.7 Å². The van der Waals surface area contributed by atoms with Gasteiger partial charge in [-0.2, -0.15) is 0 Å². The van der Waals surface area contributed by atoms with Crippen molar-refractivity contribution >= 4 is 21.8 Å². The van der Waals surface area contributed by atoms with E-state index in [1.165, 1.54) is 83.1 Å². The summed E-state index contributed by atoms with van der Waals surface area (Å²) in [5.74, 6) is 0. The van der Waals surface area contributed by atoms with Crippen molar-refractivity contribution in [3.8, 4) is 39.1 Å². The molecule has 1 aliphatic carbocycles. The Kier molecular flexibility index (Phi) is 5.47. The molecule has 6 aromatic carbocycles. The molecule has 0 saturated heterocycles. The number of para-hydroxylation sites is 2. The molecule has 1 aromatic heterocycles. The van der Waals surface area contributed by atoms with Gasteiger partial charge in [-0.3, -0.25) is 0 Å². The van der Waals surface area contributed by atoms with Gasteiger partial charge in [0.1, 0.15) is 0 Å². The summed E-state index contributed by atoms with van der Waals surface area (Å²) in [7, 11) is 0. The Hall–Kier alpha value is -4.88. The second kappa shape index (κ2) is 9.35. The summed E-state index contributed by atoms with van der Waals surface area (Å²) in [4.78, 5) is 0. The monoisotopic (exact) mass is 525 g/mol. The van der Waals surface area contributed by atoms with E-state index in [-0.39, 0.29) is 0 Å². The van der Waals surface area contributed by atoms with Crippen LogP contribution in [-0.2, 0) is 12.8 Å². The third-order valence-electron chi connectivity index (χ3n) is 9.00. The molecule has 41 heavy (non-hydrogen) atoms. The number of aryl methyl sites for hydroxylation is 1. The van der Waals surface area contributed by atoms with Gasteiger partial charge in [-0.15, -0.1) is 0 Å². The van der Waals surface area contributed by atoms with Crippen LogP contribution in [0.1, 0.15) is 29.2 Å². The first-order valence-electron chi connectivity index (χ1n) is 14.6. The Bertz CT molecular complexity index is 2070. The second-order valence-corrected chi connectivity index (χ2v) is 11.2. The lowest BCUT2D eigenvalue weighted by atomic mass is 9.89. The first-order chi connectivity index (χ1) is 20.2. The predicted octanol–water partition coefficient (Wildman–Crippen LogP) is 10.6. The molecule has 0 unspecified atom stereocenters. The van der Waals surface area contributed by atoms with Crippen LogP contribution < -0.4 is 0 Å². The van der Waals surface area contributed by atoms with E-state index in [1.807, 2.05) is 0 Å². The molecule has 8 rings (SSSR count). The van der Waals surface area contributed by atoms with Gasteiger partial charge < -0.3 is 4.57 Å². The van der Waals surface area contributed by atoms with E-state index in [9.17, 15) is 0 Å². The predicted molar refractivity (Wildman–Crippen MR) is 174 cm³/mol. The van der Waals surface area contributed by atoms with Crippen molar-refractivity contribution < 1.29 is 0 Å². The van der Waals surface area contributed by atoms with Crippen LogP contribution in [0.15, 0.2) is 127 Å². The van der Waals surface area contributed by atoms with Gasteiger partial charge >= 0.3 is 0 Å². The van der Waals surface area contributed by atoms with E-state index in [2.05, 4.69) is 146 Å². The smallest absolute Gasteiger partial charge is 0.0541 e. The third kappa shape index (κ3) is 3.62. The highest BCUT2D eigenvalue weighted by Gasteiger charge is 2.22. The zero-order chi connectivity index (χ0) is 27.5. The van der Waals surface area contributed by atoms with Crippen LogP contribution >= 0.6 is 0 Å². The van der Waals surface area contributed by atoms with Gasteiger partial charge in [0.25, 0.3) is 0 Å². The standard InChI is InChI=1S/C40H31N/c1-3-29-33(18-11-21-38(29)41-39-19-8-6-14-35(39)36-15-7-9-20-40(36)41)30-23-22-28(24-26(30)2)32-16-10-17-34-31-13-5-4-12-27(31)25-37(32)34/h4-24H,3,25H2,1-2H3. The molecule has 0 saturated carbocycles. The van der Waals surface area contributed by atoms with Crippen molar-refractivity contribution in [2.24, 2.45) is 0 Å². The number of rotatable bonds is 4. The van der Waals surface area contributed by atoms with Crippen molar-refractivity contribution in [1.82, 2.24) is 4.57 Å². The highest BCUT2D eigenvalue weighted by molar-refractivity contribution is 6.09. The highest BCUT2D eigenvalue weighted by atomic mass is 15.0. The Morgan fingerprint density at radius 1 is 0.561 bits per heavy atom. The topological polar surface area (TPSA) is 4.93 Å². The van der Waals surface area contributed by atoms with Crippen LogP contribution in [0.5, 0.6) is 0 Å². The minimum atomic E-state index is 0.956. The average molecular weight is 526 g/mol. The first-order valence-corrected chi connectivity index (χ1v) is 14.6. The fourth-order valence-corrected chi connectivity index (χ4v) is 7.15. The number of nitrogens with zero attached hydrogens (tertiary/aromatic N) is 1. The van der Waals surface area contributed by atoms with E-state index in [0.717, 1.165) is 12.8 Å². The van der Waals surface area contributed by atoms with Crippen molar-refractivity contribution in [1.29, 1.82) is 0 Å². The Labute approximate surface area is 241 Å². The molecule has 0 radical (unpaired) electrons. The van der Waals surface area contributed by atoms with Crippen LogP contribution in [0.25, 0.3) is 60.9 Å². The maximum atomic E-state index is 2.46. The molecule has 1 aliphatic rings. The van der Waals surface area contributed by atoms with Gasteiger partial charge in [0.05, 0.1) is 11.0 Å². The minimum absolute atomic E-state index is 0.956. The molecular weight excluding hydrogens is 494 g/mol. The average Bonchev–Trinajstić information content (AvgIpc) is 3.57. The van der Waals surface area contributed by atoms with Crippen LogP contribution in [0, 0.1) is 6.92 Å². The van der Waals surface area contributed by atoms with Gasteiger partial charge in [-0.05, 0) is 93.6 Å². The summed E-state index contributed by atoms with van der Waals surface area (Å²) >= 11 is 0. The molecule has 1 heteroatoms. The van der Waals surface area contributed by atoms with Crippen LogP contribution in [0.4, 0.5) is 0 Å². The number of aromatic nitrogens is 1.